The SMILES string of the molecule is C=C(C)C(=O)OC(=O)CNCC. The summed E-state index contributed by atoms with van der Waals surface area (Å²) in [5, 5.41) is 2.74. The van der Waals surface area contributed by atoms with Gasteiger partial charge < -0.3 is 10.1 Å². The molecule has 0 bridgehead atoms. The van der Waals surface area contributed by atoms with Crippen LogP contribution in [0, 0.1) is 0 Å². The Labute approximate surface area is 71.6 Å². The van der Waals surface area contributed by atoms with Gasteiger partial charge in [0.05, 0.1) is 6.54 Å². The molecule has 0 radical (unpaired) electrons. The number of hydrogen-bond acceptors (Lipinski definition) is 4. The Morgan fingerprint density at radius 1 is 1.50 bits per heavy atom. The van der Waals surface area contributed by atoms with Crippen molar-refractivity contribution in [3.8, 4) is 0 Å². The van der Waals surface area contributed by atoms with E-state index in [-0.39, 0.29) is 12.1 Å². The van der Waals surface area contributed by atoms with Crippen molar-refractivity contribution >= 4 is 11.9 Å². The lowest BCUT2D eigenvalue weighted by Crippen LogP contribution is -2.26. The van der Waals surface area contributed by atoms with Crippen LogP contribution in [0.4, 0.5) is 0 Å². The Morgan fingerprint density at radius 3 is 2.50 bits per heavy atom. The second-order valence-electron chi connectivity index (χ2n) is 2.32. The Hall–Kier alpha value is -1.16. The molecule has 0 aliphatic carbocycles. The fourth-order valence-corrected chi connectivity index (χ4v) is 0.454. The summed E-state index contributed by atoms with van der Waals surface area (Å²) in [4.78, 5) is 21.5. The molecular weight excluding hydrogens is 158 g/mol. The minimum absolute atomic E-state index is 0.0511. The molecule has 0 saturated heterocycles. The summed E-state index contributed by atoms with van der Waals surface area (Å²) in [5.41, 5.74) is 0.222. The van der Waals surface area contributed by atoms with Crippen molar-refractivity contribution in [2.24, 2.45) is 0 Å². The van der Waals surface area contributed by atoms with Crippen LogP contribution in [0.1, 0.15) is 13.8 Å². The van der Waals surface area contributed by atoms with Crippen LogP contribution in [0.2, 0.25) is 0 Å². The van der Waals surface area contributed by atoms with Crippen LogP contribution in [0.5, 0.6) is 0 Å². The zero-order chi connectivity index (χ0) is 9.56. The lowest BCUT2D eigenvalue weighted by atomic mass is 10.4. The van der Waals surface area contributed by atoms with Crippen molar-refractivity contribution < 1.29 is 14.3 Å². The van der Waals surface area contributed by atoms with Gasteiger partial charge in [0, 0.05) is 5.57 Å². The van der Waals surface area contributed by atoms with E-state index in [1.165, 1.54) is 6.92 Å². The van der Waals surface area contributed by atoms with E-state index >= 15 is 0 Å². The molecule has 0 aromatic heterocycles. The van der Waals surface area contributed by atoms with Crippen LogP contribution in [-0.2, 0) is 14.3 Å². The minimum atomic E-state index is -0.669. The van der Waals surface area contributed by atoms with E-state index in [2.05, 4.69) is 16.6 Å². The topological polar surface area (TPSA) is 55.4 Å². The van der Waals surface area contributed by atoms with Crippen LogP contribution in [0.3, 0.4) is 0 Å². The van der Waals surface area contributed by atoms with Crippen molar-refractivity contribution in [1.82, 2.24) is 5.32 Å². The molecule has 0 rings (SSSR count). The number of nitrogens with one attached hydrogen (secondary N) is 1. The molecule has 0 spiro atoms. The summed E-state index contributed by atoms with van der Waals surface area (Å²) in [6, 6.07) is 0. The highest BCUT2D eigenvalue weighted by molar-refractivity contribution is 5.95. The third kappa shape index (κ3) is 4.62. The standard InChI is InChI=1S/C8H13NO3/c1-4-9-5-7(10)12-8(11)6(2)3/h9H,2,4-5H2,1,3H3. The van der Waals surface area contributed by atoms with Gasteiger partial charge >= 0.3 is 11.9 Å². The predicted molar refractivity (Wildman–Crippen MR) is 44.5 cm³/mol. The lowest BCUT2D eigenvalue weighted by Gasteiger charge is -2.01. The van der Waals surface area contributed by atoms with Gasteiger partial charge in [-0.1, -0.05) is 13.5 Å². The summed E-state index contributed by atoms with van der Waals surface area (Å²) in [5.74, 6) is -1.25. The van der Waals surface area contributed by atoms with Gasteiger partial charge in [0.2, 0.25) is 0 Å². The van der Waals surface area contributed by atoms with E-state index < -0.39 is 11.9 Å². The summed E-state index contributed by atoms with van der Waals surface area (Å²) >= 11 is 0. The van der Waals surface area contributed by atoms with Gasteiger partial charge in [-0.25, -0.2) is 4.79 Å². The molecule has 0 saturated carbocycles. The maximum atomic E-state index is 10.8. The Balaban J connectivity index is 3.69. The van der Waals surface area contributed by atoms with Crippen LogP contribution >= 0.6 is 0 Å². The van der Waals surface area contributed by atoms with Gasteiger partial charge in [-0.15, -0.1) is 0 Å². The predicted octanol–water partition coefficient (Wildman–Crippen LogP) is 0.242. The van der Waals surface area contributed by atoms with Crippen molar-refractivity contribution in [3.63, 3.8) is 0 Å². The van der Waals surface area contributed by atoms with Crippen molar-refractivity contribution in [2.75, 3.05) is 13.1 Å². The molecule has 0 heterocycles. The molecule has 0 fully saturated rings. The number of likely N-dealkylation sites (N-methyl/N-ethyl adjacent to an activating group) is 1. The van der Waals surface area contributed by atoms with Crippen LogP contribution in [0.15, 0.2) is 12.2 Å². The molecule has 1 N–H and O–H groups in total. The van der Waals surface area contributed by atoms with Crippen molar-refractivity contribution in [2.45, 2.75) is 13.8 Å². The summed E-state index contributed by atoms with van der Waals surface area (Å²) < 4.78 is 4.37. The Kier molecular flexibility index (Phi) is 4.96. The first-order valence-electron chi connectivity index (χ1n) is 3.69. The Morgan fingerprint density at radius 2 is 2.08 bits per heavy atom. The lowest BCUT2D eigenvalue weighted by molar-refractivity contribution is -0.156. The fraction of sp³-hybridized carbons (Fsp3) is 0.500. The Bertz CT molecular complexity index is 198. The number of hydrogen-bond donors (Lipinski definition) is 1. The zero-order valence-corrected chi connectivity index (χ0v) is 7.35. The first-order chi connectivity index (χ1) is 5.57. The quantitative estimate of drug-likeness (QED) is 0.374. The zero-order valence-electron chi connectivity index (χ0n) is 7.35. The summed E-state index contributed by atoms with van der Waals surface area (Å²) in [6.45, 7) is 7.40. The molecule has 0 atom stereocenters. The third-order valence-corrected chi connectivity index (χ3v) is 1.07. The maximum absolute atomic E-state index is 10.8. The molecule has 4 nitrogen and oxygen atoms in total. The summed E-state index contributed by atoms with van der Waals surface area (Å²) in [6.07, 6.45) is 0. The van der Waals surface area contributed by atoms with Gasteiger partial charge in [0.25, 0.3) is 0 Å². The number of esters is 2. The second kappa shape index (κ2) is 5.49. The summed E-state index contributed by atoms with van der Waals surface area (Å²) in [7, 11) is 0. The average Bonchev–Trinajstić information content (AvgIpc) is 2.00. The van der Waals surface area contributed by atoms with Gasteiger partial charge in [-0.3, -0.25) is 4.79 Å². The van der Waals surface area contributed by atoms with Crippen LogP contribution in [-0.4, -0.2) is 25.0 Å². The molecule has 0 amide bonds. The van der Waals surface area contributed by atoms with Crippen LogP contribution in [0.25, 0.3) is 0 Å². The highest BCUT2D eigenvalue weighted by atomic mass is 16.6. The first kappa shape index (κ1) is 10.8. The molecule has 0 aromatic rings. The molecule has 12 heavy (non-hydrogen) atoms. The van der Waals surface area contributed by atoms with E-state index in [9.17, 15) is 9.59 Å². The molecule has 0 aromatic carbocycles. The maximum Gasteiger partial charge on any atom is 0.340 e. The number of carbonyl (C=O) groups is 2. The first-order valence-corrected chi connectivity index (χ1v) is 3.69. The molecule has 0 aliphatic rings. The van der Waals surface area contributed by atoms with E-state index in [4.69, 9.17) is 0 Å². The third-order valence-electron chi connectivity index (χ3n) is 1.07. The van der Waals surface area contributed by atoms with Crippen LogP contribution < -0.4 is 5.32 Å². The molecule has 0 aliphatic heterocycles. The molecule has 0 unspecified atom stereocenters. The second-order valence-corrected chi connectivity index (χ2v) is 2.32. The number of carbonyl (C=O) groups excluding carboxylic acids is 2. The van der Waals surface area contributed by atoms with E-state index in [0.717, 1.165) is 0 Å². The van der Waals surface area contributed by atoms with Gasteiger partial charge in [-0.2, -0.15) is 0 Å². The highest BCUT2D eigenvalue weighted by Gasteiger charge is 2.09. The molecule has 68 valence electrons. The highest BCUT2D eigenvalue weighted by Crippen LogP contribution is 1.91. The van der Waals surface area contributed by atoms with Gasteiger partial charge in [0.1, 0.15) is 0 Å². The van der Waals surface area contributed by atoms with Crippen molar-refractivity contribution in [1.29, 1.82) is 0 Å². The number of ether oxygens (including phenoxy) is 1. The molecular formula is C8H13NO3. The largest absolute Gasteiger partial charge is 0.389 e. The normalized spacial score (nSPS) is 9.17. The van der Waals surface area contributed by atoms with E-state index in [1.54, 1.807) is 0 Å². The van der Waals surface area contributed by atoms with Crippen molar-refractivity contribution in [3.05, 3.63) is 12.2 Å². The van der Waals surface area contributed by atoms with E-state index in [1.807, 2.05) is 6.92 Å². The minimum Gasteiger partial charge on any atom is -0.389 e. The van der Waals surface area contributed by atoms with Gasteiger partial charge in [-0.05, 0) is 13.5 Å². The monoisotopic (exact) mass is 171 g/mol. The average molecular weight is 171 g/mol. The smallest absolute Gasteiger partial charge is 0.340 e. The van der Waals surface area contributed by atoms with Gasteiger partial charge in [0.15, 0.2) is 0 Å². The molecule has 4 heteroatoms. The van der Waals surface area contributed by atoms with E-state index in [0.29, 0.717) is 6.54 Å². The fourth-order valence-electron chi connectivity index (χ4n) is 0.454. The number of rotatable bonds is 4.